The van der Waals surface area contributed by atoms with Crippen molar-refractivity contribution >= 4 is 12.3 Å². The molecule has 0 heterocycles. The molecule has 0 aromatic heterocycles. The third-order valence-corrected chi connectivity index (χ3v) is 5.60. The first-order chi connectivity index (χ1) is 18.5. The van der Waals surface area contributed by atoms with E-state index in [2.05, 4.69) is 65.6 Å². The highest BCUT2D eigenvalue weighted by Gasteiger charge is 2.04. The number of aryl methyl sites for hydroxylation is 1. The summed E-state index contributed by atoms with van der Waals surface area (Å²) in [5.74, 6) is -0.398. The highest BCUT2D eigenvalue weighted by molar-refractivity contribution is 5.71. The first-order valence-corrected chi connectivity index (χ1v) is 13.8. The SMILES string of the molecule is CCCCC/C=C\C/C=C\C/C=C\C/C=C\CCCC(=O)OCC=O.CNCCc1cc(O)c(O)cc1C. The normalized spacial score (nSPS) is 11.4. The summed E-state index contributed by atoms with van der Waals surface area (Å²) in [5.41, 5.74) is 2.07. The molecule has 6 heteroatoms. The summed E-state index contributed by atoms with van der Waals surface area (Å²) in [6, 6.07) is 3.20. The number of hydrogen-bond donors (Lipinski definition) is 3. The van der Waals surface area contributed by atoms with Gasteiger partial charge in [-0.3, -0.25) is 9.59 Å². The highest BCUT2D eigenvalue weighted by Crippen LogP contribution is 2.27. The monoisotopic (exact) mass is 527 g/mol. The van der Waals surface area contributed by atoms with Gasteiger partial charge in [-0.2, -0.15) is 0 Å². The fourth-order valence-electron chi connectivity index (χ4n) is 3.38. The third kappa shape index (κ3) is 21.0. The van der Waals surface area contributed by atoms with Crippen molar-refractivity contribution < 1.29 is 24.5 Å². The number of likely N-dealkylation sites (N-methyl/N-ethyl adjacent to an activating group) is 1. The molecule has 0 saturated carbocycles. The minimum absolute atomic E-state index is 0.0447. The molecule has 3 N–H and O–H groups in total. The van der Waals surface area contributed by atoms with E-state index < -0.39 is 0 Å². The maximum atomic E-state index is 11.1. The highest BCUT2D eigenvalue weighted by atomic mass is 16.5. The van der Waals surface area contributed by atoms with Crippen LogP contribution in [-0.2, 0) is 20.7 Å². The molecule has 1 aromatic rings. The fraction of sp³-hybridized carbons (Fsp3) is 0.500. The lowest BCUT2D eigenvalue weighted by Gasteiger charge is -2.07. The lowest BCUT2D eigenvalue weighted by molar-refractivity contribution is -0.145. The topological polar surface area (TPSA) is 95.9 Å². The Morgan fingerprint density at radius 1 is 0.868 bits per heavy atom. The summed E-state index contributed by atoms with van der Waals surface area (Å²) >= 11 is 0. The van der Waals surface area contributed by atoms with Crippen LogP contribution in [0.15, 0.2) is 60.7 Å². The van der Waals surface area contributed by atoms with Gasteiger partial charge in [0.25, 0.3) is 0 Å². The lowest BCUT2D eigenvalue weighted by atomic mass is 10.0. The summed E-state index contributed by atoms with van der Waals surface area (Å²) in [6.45, 7) is 4.88. The zero-order valence-corrected chi connectivity index (χ0v) is 23.7. The smallest absolute Gasteiger partial charge is 0.306 e. The van der Waals surface area contributed by atoms with E-state index in [-0.39, 0.29) is 24.1 Å². The van der Waals surface area contributed by atoms with Crippen LogP contribution in [0.25, 0.3) is 0 Å². The summed E-state index contributed by atoms with van der Waals surface area (Å²) < 4.78 is 4.67. The number of hydrogen-bond acceptors (Lipinski definition) is 6. The maximum Gasteiger partial charge on any atom is 0.306 e. The molecule has 0 aliphatic carbocycles. The van der Waals surface area contributed by atoms with Crippen LogP contribution in [0.3, 0.4) is 0 Å². The van der Waals surface area contributed by atoms with Crippen LogP contribution in [0.1, 0.15) is 82.3 Å². The number of aldehydes is 1. The Morgan fingerprint density at radius 2 is 1.42 bits per heavy atom. The van der Waals surface area contributed by atoms with Crippen molar-refractivity contribution in [3.8, 4) is 11.5 Å². The zero-order chi connectivity index (χ0) is 28.3. The van der Waals surface area contributed by atoms with E-state index in [1.165, 1.54) is 25.7 Å². The van der Waals surface area contributed by atoms with Gasteiger partial charge < -0.3 is 20.3 Å². The van der Waals surface area contributed by atoms with Crippen LogP contribution in [0.4, 0.5) is 0 Å². The molecule has 0 unspecified atom stereocenters. The van der Waals surface area contributed by atoms with Gasteiger partial charge in [0.05, 0.1) is 0 Å². The molecule has 0 radical (unpaired) electrons. The van der Waals surface area contributed by atoms with E-state index in [9.17, 15) is 19.8 Å². The minimum atomic E-state index is -0.303. The van der Waals surface area contributed by atoms with Crippen LogP contribution >= 0.6 is 0 Å². The molecule has 0 fully saturated rings. The molecule has 38 heavy (non-hydrogen) atoms. The first kappa shape index (κ1) is 34.9. The van der Waals surface area contributed by atoms with Crippen LogP contribution in [0, 0.1) is 6.92 Å². The number of ether oxygens (including phenoxy) is 1. The van der Waals surface area contributed by atoms with Crippen LogP contribution in [0.5, 0.6) is 11.5 Å². The number of unbranched alkanes of at least 4 members (excludes halogenated alkanes) is 4. The Kier molecular flexibility index (Phi) is 23.4. The van der Waals surface area contributed by atoms with Gasteiger partial charge >= 0.3 is 5.97 Å². The number of phenols is 2. The molecular weight excluding hydrogens is 478 g/mol. The van der Waals surface area contributed by atoms with Crippen LogP contribution in [0.2, 0.25) is 0 Å². The number of carbonyl (C=O) groups excluding carboxylic acids is 2. The summed E-state index contributed by atoms with van der Waals surface area (Å²) in [7, 11) is 1.88. The quantitative estimate of drug-likeness (QED) is 0.0587. The van der Waals surface area contributed by atoms with Crippen molar-refractivity contribution in [1.82, 2.24) is 5.32 Å². The van der Waals surface area contributed by atoms with Crippen molar-refractivity contribution in [2.24, 2.45) is 0 Å². The van der Waals surface area contributed by atoms with Crippen LogP contribution < -0.4 is 5.32 Å². The lowest BCUT2D eigenvalue weighted by Crippen LogP contribution is -2.10. The van der Waals surface area contributed by atoms with Gasteiger partial charge in [-0.25, -0.2) is 0 Å². The molecule has 0 saturated heterocycles. The van der Waals surface area contributed by atoms with Gasteiger partial charge in [0.2, 0.25) is 0 Å². The second kappa shape index (κ2) is 25.5. The number of nitrogens with one attached hydrogen (secondary N) is 1. The molecule has 6 nitrogen and oxygen atoms in total. The number of rotatable bonds is 19. The Hall–Kier alpha value is -3.12. The third-order valence-electron chi connectivity index (χ3n) is 5.60. The average Bonchev–Trinajstić information content (AvgIpc) is 2.91. The van der Waals surface area contributed by atoms with Crippen molar-refractivity contribution in [1.29, 1.82) is 0 Å². The Morgan fingerprint density at radius 3 is 1.97 bits per heavy atom. The van der Waals surface area contributed by atoms with E-state index in [4.69, 9.17) is 0 Å². The molecule has 0 aliphatic heterocycles. The maximum absolute atomic E-state index is 11.1. The van der Waals surface area contributed by atoms with Crippen molar-refractivity contribution in [3.63, 3.8) is 0 Å². The van der Waals surface area contributed by atoms with Gasteiger partial charge in [-0.05, 0) is 95.1 Å². The van der Waals surface area contributed by atoms with Gasteiger partial charge in [0.1, 0.15) is 6.61 Å². The number of phenolic OH excluding ortho intramolecular Hbond substituents is 2. The number of benzene rings is 1. The number of aromatic hydroxyl groups is 2. The summed E-state index contributed by atoms with van der Waals surface area (Å²) in [5, 5.41) is 21.5. The zero-order valence-electron chi connectivity index (χ0n) is 23.7. The molecule has 1 aromatic carbocycles. The van der Waals surface area contributed by atoms with Crippen LogP contribution in [-0.4, -0.2) is 42.7 Å². The second-order valence-corrected chi connectivity index (χ2v) is 8.95. The Labute approximate surface area is 230 Å². The predicted molar refractivity (Wildman–Crippen MR) is 158 cm³/mol. The molecule has 212 valence electrons. The van der Waals surface area contributed by atoms with Crippen molar-refractivity contribution in [3.05, 3.63) is 71.9 Å². The van der Waals surface area contributed by atoms with E-state index in [1.807, 2.05) is 14.0 Å². The average molecular weight is 528 g/mol. The van der Waals surface area contributed by atoms with Gasteiger partial charge in [-0.15, -0.1) is 0 Å². The van der Waals surface area contributed by atoms with E-state index >= 15 is 0 Å². The second-order valence-electron chi connectivity index (χ2n) is 8.95. The molecule has 0 atom stereocenters. The molecule has 1 rings (SSSR count). The number of esters is 1. The molecular formula is C32H49NO5. The number of carbonyl (C=O) groups is 2. The Balaban J connectivity index is 0.000000875. The number of allylic oxidation sites excluding steroid dienone is 8. The van der Waals surface area contributed by atoms with Crippen molar-refractivity contribution in [2.45, 2.75) is 84.5 Å². The molecule has 0 spiro atoms. The molecule has 0 aliphatic rings. The molecule has 0 bridgehead atoms. The van der Waals surface area contributed by atoms with Gasteiger partial charge in [0, 0.05) is 6.42 Å². The summed E-state index contributed by atoms with van der Waals surface area (Å²) in [6.07, 6.45) is 28.9. The predicted octanol–water partition coefficient (Wildman–Crippen LogP) is 7.04. The Bertz CT molecular complexity index is 871. The fourth-order valence-corrected chi connectivity index (χ4v) is 3.38. The first-order valence-electron chi connectivity index (χ1n) is 13.8. The van der Waals surface area contributed by atoms with E-state index in [0.717, 1.165) is 56.2 Å². The van der Waals surface area contributed by atoms with E-state index in [1.54, 1.807) is 12.1 Å². The standard InChI is InChI=1S/C22H34O3.C10H15NO2/c1-2-3-4-5-6-7-8-9-10-11-12-13-14-15-16-17-18-19-22(24)25-21-20-23;1-7-5-9(12)10(13)6-8(7)3-4-11-2/h6-7,9-10,12-13,15-16,20H,2-5,8,11,14,17-19,21H2,1H3;5-6,11-13H,3-4H2,1-2H3/b7-6-,10-9-,13-12-,16-15-;. The molecule has 0 amide bonds. The van der Waals surface area contributed by atoms with E-state index in [0.29, 0.717) is 12.7 Å². The van der Waals surface area contributed by atoms with Crippen molar-refractivity contribution in [2.75, 3.05) is 20.2 Å². The largest absolute Gasteiger partial charge is 0.504 e. The summed E-state index contributed by atoms with van der Waals surface area (Å²) in [4.78, 5) is 21.2. The van der Waals surface area contributed by atoms with Gasteiger partial charge in [-0.1, -0.05) is 68.4 Å². The van der Waals surface area contributed by atoms with Gasteiger partial charge in [0.15, 0.2) is 17.8 Å². The minimum Gasteiger partial charge on any atom is -0.504 e.